The topological polar surface area (TPSA) is 72.5 Å². The van der Waals surface area contributed by atoms with Crippen molar-refractivity contribution in [2.45, 2.75) is 18.2 Å². The number of benzene rings is 1. The van der Waals surface area contributed by atoms with Crippen molar-refractivity contribution in [3.63, 3.8) is 0 Å². The van der Waals surface area contributed by atoms with Gasteiger partial charge in [-0.25, -0.2) is 17.2 Å². The highest BCUT2D eigenvalue weighted by atomic mass is 35.7. The molecule has 112 valence electrons. The predicted molar refractivity (Wildman–Crippen MR) is 69.0 cm³/mol. The van der Waals surface area contributed by atoms with E-state index in [0.29, 0.717) is 0 Å². The van der Waals surface area contributed by atoms with Crippen LogP contribution < -0.4 is 10.1 Å². The van der Waals surface area contributed by atoms with Gasteiger partial charge in [0, 0.05) is 10.7 Å². The Kier molecular flexibility index (Phi) is 5.70. The maximum Gasteiger partial charge on any atom is 0.261 e. The Morgan fingerprint density at radius 3 is 2.60 bits per heavy atom. The van der Waals surface area contributed by atoms with E-state index in [1.54, 1.807) is 6.92 Å². The number of ether oxygens (including phenoxy) is 1. The highest BCUT2D eigenvalue weighted by molar-refractivity contribution is 8.13. The molecule has 0 fully saturated rings. The standard InChI is InChI=1S/C11H12ClF2NO4S/c1-2-19-9-4-3-7(20(12,17)18)5-8(9)11(16)15-6-10(13)14/h3-5,10H,2,6H2,1H3,(H,15,16). The molecule has 0 aliphatic rings. The minimum Gasteiger partial charge on any atom is -0.493 e. The maximum atomic E-state index is 12.1. The third kappa shape index (κ3) is 4.61. The van der Waals surface area contributed by atoms with Gasteiger partial charge in [-0.2, -0.15) is 0 Å². The highest BCUT2D eigenvalue weighted by Gasteiger charge is 2.19. The Morgan fingerprint density at radius 1 is 1.45 bits per heavy atom. The van der Waals surface area contributed by atoms with Crippen LogP contribution in [0, 0.1) is 0 Å². The summed E-state index contributed by atoms with van der Waals surface area (Å²) in [5.41, 5.74) is -0.172. The molecule has 9 heteroatoms. The monoisotopic (exact) mass is 327 g/mol. The van der Waals surface area contributed by atoms with Crippen molar-refractivity contribution in [2.75, 3.05) is 13.2 Å². The molecule has 1 amide bonds. The number of alkyl halides is 2. The first-order chi connectivity index (χ1) is 9.25. The number of hydrogen-bond donors (Lipinski definition) is 1. The molecule has 0 radical (unpaired) electrons. The number of hydrogen-bond acceptors (Lipinski definition) is 4. The third-order valence-electron chi connectivity index (χ3n) is 2.19. The van der Waals surface area contributed by atoms with E-state index in [0.717, 1.165) is 12.1 Å². The Bertz CT molecular complexity index is 592. The molecule has 1 aromatic carbocycles. The van der Waals surface area contributed by atoms with Crippen LogP contribution >= 0.6 is 10.7 Å². The van der Waals surface area contributed by atoms with Crippen molar-refractivity contribution in [3.8, 4) is 5.75 Å². The van der Waals surface area contributed by atoms with Gasteiger partial charge in [-0.1, -0.05) is 0 Å². The molecule has 0 spiro atoms. The second-order valence-corrected chi connectivity index (χ2v) is 6.20. The molecule has 20 heavy (non-hydrogen) atoms. The summed E-state index contributed by atoms with van der Waals surface area (Å²) in [5, 5.41) is 1.97. The van der Waals surface area contributed by atoms with Gasteiger partial charge in [0.05, 0.1) is 23.6 Å². The first-order valence-electron chi connectivity index (χ1n) is 5.53. The molecule has 0 aromatic heterocycles. The predicted octanol–water partition coefficient (Wildman–Crippen LogP) is 2.01. The van der Waals surface area contributed by atoms with Crippen LogP contribution in [0.5, 0.6) is 5.75 Å². The van der Waals surface area contributed by atoms with Crippen LogP contribution in [-0.4, -0.2) is 33.9 Å². The van der Waals surface area contributed by atoms with Gasteiger partial charge in [0.2, 0.25) is 0 Å². The Hall–Kier alpha value is -1.41. The molecule has 1 rings (SSSR count). The molecule has 1 aromatic rings. The normalized spacial score (nSPS) is 11.4. The van der Waals surface area contributed by atoms with Crippen LogP contribution in [0.25, 0.3) is 0 Å². The molecule has 5 nitrogen and oxygen atoms in total. The van der Waals surface area contributed by atoms with E-state index in [1.165, 1.54) is 6.07 Å². The smallest absolute Gasteiger partial charge is 0.261 e. The van der Waals surface area contributed by atoms with Gasteiger partial charge in [0.25, 0.3) is 21.4 Å². The zero-order chi connectivity index (χ0) is 15.3. The van der Waals surface area contributed by atoms with Gasteiger partial charge < -0.3 is 10.1 Å². The average Bonchev–Trinajstić information content (AvgIpc) is 2.35. The van der Waals surface area contributed by atoms with E-state index >= 15 is 0 Å². The molecule has 0 atom stereocenters. The lowest BCUT2D eigenvalue weighted by Gasteiger charge is -2.11. The largest absolute Gasteiger partial charge is 0.493 e. The van der Waals surface area contributed by atoms with E-state index in [4.69, 9.17) is 15.4 Å². The summed E-state index contributed by atoms with van der Waals surface area (Å²) in [5.74, 6) is -0.778. The number of halogens is 3. The number of amides is 1. The Morgan fingerprint density at radius 2 is 2.10 bits per heavy atom. The highest BCUT2D eigenvalue weighted by Crippen LogP contribution is 2.24. The molecular weight excluding hydrogens is 316 g/mol. The van der Waals surface area contributed by atoms with Crippen LogP contribution in [0.1, 0.15) is 17.3 Å². The summed E-state index contributed by atoms with van der Waals surface area (Å²) >= 11 is 0. The first-order valence-corrected chi connectivity index (χ1v) is 7.84. The summed E-state index contributed by atoms with van der Waals surface area (Å²) in [6, 6.07) is 3.39. The fourth-order valence-electron chi connectivity index (χ4n) is 1.38. The van der Waals surface area contributed by atoms with Gasteiger partial charge in [0.15, 0.2) is 0 Å². The first kappa shape index (κ1) is 16.6. The number of carbonyl (C=O) groups is 1. The van der Waals surface area contributed by atoms with Crippen LogP contribution in [-0.2, 0) is 9.05 Å². The fourth-order valence-corrected chi connectivity index (χ4v) is 2.16. The van der Waals surface area contributed by atoms with Crippen LogP contribution in [0.15, 0.2) is 23.1 Å². The number of rotatable bonds is 6. The third-order valence-corrected chi connectivity index (χ3v) is 3.55. The van der Waals surface area contributed by atoms with Crippen LogP contribution in [0.4, 0.5) is 8.78 Å². The van der Waals surface area contributed by atoms with Crippen LogP contribution in [0.2, 0.25) is 0 Å². The second-order valence-electron chi connectivity index (χ2n) is 3.63. The van der Waals surface area contributed by atoms with Crippen molar-refractivity contribution in [3.05, 3.63) is 23.8 Å². The molecule has 0 saturated heterocycles. The van der Waals surface area contributed by atoms with Crippen LogP contribution in [0.3, 0.4) is 0 Å². The van der Waals surface area contributed by atoms with Gasteiger partial charge in [-0.15, -0.1) is 0 Å². The molecule has 0 unspecified atom stereocenters. The number of nitrogens with one attached hydrogen (secondary N) is 1. The quantitative estimate of drug-likeness (QED) is 0.811. The Labute approximate surface area is 119 Å². The van der Waals surface area contributed by atoms with E-state index in [-0.39, 0.29) is 22.8 Å². The van der Waals surface area contributed by atoms with E-state index in [2.05, 4.69) is 0 Å². The lowest BCUT2D eigenvalue weighted by molar-refractivity contribution is 0.0888. The number of carbonyl (C=O) groups excluding carboxylic acids is 1. The van der Waals surface area contributed by atoms with Crippen molar-refractivity contribution < 1.29 is 26.7 Å². The van der Waals surface area contributed by atoms with Gasteiger partial charge in [-0.05, 0) is 25.1 Å². The SMILES string of the molecule is CCOc1ccc(S(=O)(=O)Cl)cc1C(=O)NCC(F)F. The fraction of sp³-hybridized carbons (Fsp3) is 0.364. The molecule has 0 bridgehead atoms. The molecular formula is C11H12ClF2NO4S. The van der Waals surface area contributed by atoms with Crippen molar-refractivity contribution >= 4 is 25.6 Å². The van der Waals surface area contributed by atoms with E-state index < -0.39 is 27.9 Å². The summed E-state index contributed by atoms with van der Waals surface area (Å²) in [4.78, 5) is 11.4. The van der Waals surface area contributed by atoms with Gasteiger partial charge in [0.1, 0.15) is 5.75 Å². The molecule has 0 aliphatic carbocycles. The summed E-state index contributed by atoms with van der Waals surface area (Å²) in [7, 11) is 1.14. The zero-order valence-electron chi connectivity index (χ0n) is 10.4. The average molecular weight is 328 g/mol. The van der Waals surface area contributed by atoms with E-state index in [9.17, 15) is 22.0 Å². The van der Waals surface area contributed by atoms with Crippen molar-refractivity contribution in [1.82, 2.24) is 5.32 Å². The lowest BCUT2D eigenvalue weighted by atomic mass is 10.2. The summed E-state index contributed by atoms with van der Waals surface area (Å²) in [6.45, 7) is 1.04. The van der Waals surface area contributed by atoms with Gasteiger partial charge in [-0.3, -0.25) is 4.79 Å². The van der Waals surface area contributed by atoms with E-state index in [1.807, 2.05) is 5.32 Å². The van der Waals surface area contributed by atoms with Crippen molar-refractivity contribution in [2.24, 2.45) is 0 Å². The summed E-state index contributed by atoms with van der Waals surface area (Å²) < 4.78 is 51.7. The Balaban J connectivity index is 3.15. The second kappa shape index (κ2) is 6.85. The maximum absolute atomic E-state index is 12.1. The molecule has 1 N–H and O–H groups in total. The minimum atomic E-state index is -4.03. The molecule has 0 heterocycles. The summed E-state index contributed by atoms with van der Waals surface area (Å²) in [6.07, 6.45) is -2.71. The molecule has 0 saturated carbocycles. The van der Waals surface area contributed by atoms with Crippen molar-refractivity contribution in [1.29, 1.82) is 0 Å². The minimum absolute atomic E-state index is 0.0864. The molecule has 0 aliphatic heterocycles. The lowest BCUT2D eigenvalue weighted by Crippen LogP contribution is -2.29. The zero-order valence-corrected chi connectivity index (χ0v) is 12.0. The van der Waals surface area contributed by atoms with Gasteiger partial charge >= 0.3 is 0 Å².